The van der Waals surface area contributed by atoms with Crippen LogP contribution in [-0.2, 0) is 14.4 Å². The monoisotopic (exact) mass is 395 g/mol. The van der Waals surface area contributed by atoms with Crippen LogP contribution >= 0.6 is 0 Å². The molecule has 1 aromatic rings. The van der Waals surface area contributed by atoms with Gasteiger partial charge in [-0.1, -0.05) is 31.4 Å². The lowest BCUT2D eigenvalue weighted by Crippen LogP contribution is -2.90. The molecule has 0 spiro atoms. The van der Waals surface area contributed by atoms with Gasteiger partial charge in [-0.25, -0.2) is 4.79 Å². The molecule has 1 saturated carbocycles. The van der Waals surface area contributed by atoms with Gasteiger partial charge in [-0.2, -0.15) is 0 Å². The van der Waals surface area contributed by atoms with Crippen LogP contribution < -0.4 is 10.4 Å². The van der Waals surface area contributed by atoms with Crippen molar-refractivity contribution in [2.24, 2.45) is 5.92 Å². The number of carboxylic acids is 2. The number of nitrogens with two attached hydrogens (primary N) is 1. The quantitative estimate of drug-likeness (QED) is 0.464. The van der Waals surface area contributed by atoms with E-state index in [-0.39, 0.29) is 17.7 Å². The number of aromatic hydroxyl groups is 1. The third-order valence-electron chi connectivity index (χ3n) is 4.87. The number of rotatable bonds is 7. The molecular weight excluding hydrogens is 366 g/mol. The number of carbonyl (C=O) groups is 3. The van der Waals surface area contributed by atoms with E-state index < -0.39 is 18.0 Å². The van der Waals surface area contributed by atoms with E-state index in [0.717, 1.165) is 12.8 Å². The number of aliphatic carboxylic acids is 2. The van der Waals surface area contributed by atoms with Gasteiger partial charge in [0, 0.05) is 5.92 Å². The minimum Gasteiger partial charge on any atom is -0.539 e. The molecule has 0 aromatic heterocycles. The summed E-state index contributed by atoms with van der Waals surface area (Å²) in [6.45, 7) is 2.66. The first-order chi connectivity index (χ1) is 13.2. The Kier molecular flexibility index (Phi) is 10.2. The van der Waals surface area contributed by atoms with Crippen LogP contribution in [0.15, 0.2) is 24.3 Å². The molecule has 2 atom stereocenters. The van der Waals surface area contributed by atoms with Crippen molar-refractivity contribution >= 4 is 17.7 Å². The van der Waals surface area contributed by atoms with Gasteiger partial charge in [-0.3, -0.25) is 4.79 Å². The van der Waals surface area contributed by atoms with Gasteiger partial charge in [0.25, 0.3) is 0 Å². The lowest BCUT2D eigenvalue weighted by molar-refractivity contribution is -0.693. The van der Waals surface area contributed by atoms with E-state index in [4.69, 9.17) is 19.8 Å². The van der Waals surface area contributed by atoms with E-state index in [1.54, 1.807) is 18.2 Å². The normalized spacial score (nSPS) is 16.4. The molecule has 156 valence electrons. The lowest BCUT2D eigenvalue weighted by Gasteiger charge is -2.21. The van der Waals surface area contributed by atoms with Crippen LogP contribution in [0.2, 0.25) is 0 Å². The maximum atomic E-state index is 12.1. The molecule has 0 saturated heterocycles. The van der Waals surface area contributed by atoms with Crippen molar-refractivity contribution in [2.75, 3.05) is 6.54 Å². The topological polar surface area (TPSA) is 152 Å². The van der Waals surface area contributed by atoms with Gasteiger partial charge in [0.1, 0.15) is 23.7 Å². The Bertz CT molecular complexity index is 644. The largest absolute Gasteiger partial charge is 0.539 e. The first-order valence-corrected chi connectivity index (χ1v) is 9.49. The summed E-state index contributed by atoms with van der Waals surface area (Å²) in [5.41, 5.74) is 0.711. The maximum absolute atomic E-state index is 12.1. The van der Waals surface area contributed by atoms with E-state index in [1.165, 1.54) is 19.3 Å². The van der Waals surface area contributed by atoms with Gasteiger partial charge in [0.15, 0.2) is 5.97 Å². The molecular formula is C20H29NO7. The zero-order valence-electron chi connectivity index (χ0n) is 16.0. The molecule has 8 heteroatoms. The molecule has 1 aromatic carbocycles. The fourth-order valence-electron chi connectivity index (χ4n) is 3.26. The van der Waals surface area contributed by atoms with Crippen molar-refractivity contribution in [3.63, 3.8) is 0 Å². The molecule has 0 amide bonds. The van der Waals surface area contributed by atoms with E-state index in [0.29, 0.717) is 24.3 Å². The van der Waals surface area contributed by atoms with Crippen LogP contribution in [0.1, 0.15) is 57.1 Å². The highest BCUT2D eigenvalue weighted by Gasteiger charge is 2.23. The Morgan fingerprint density at radius 2 is 1.82 bits per heavy atom. The van der Waals surface area contributed by atoms with Crippen molar-refractivity contribution in [3.8, 4) is 5.75 Å². The molecule has 0 radical (unpaired) electrons. The highest BCUT2D eigenvalue weighted by molar-refractivity contribution is 6.26. The average molecular weight is 395 g/mol. The van der Waals surface area contributed by atoms with Crippen molar-refractivity contribution in [1.29, 1.82) is 0 Å². The van der Waals surface area contributed by atoms with Crippen LogP contribution in [0.4, 0.5) is 0 Å². The van der Waals surface area contributed by atoms with Gasteiger partial charge >= 0.3 is 5.97 Å². The lowest BCUT2D eigenvalue weighted by atomic mass is 9.85. The molecule has 28 heavy (non-hydrogen) atoms. The van der Waals surface area contributed by atoms with Crippen LogP contribution in [0.25, 0.3) is 0 Å². The third kappa shape index (κ3) is 8.49. The van der Waals surface area contributed by atoms with E-state index in [1.807, 2.05) is 18.3 Å². The summed E-state index contributed by atoms with van der Waals surface area (Å²) in [4.78, 5) is 30.2. The van der Waals surface area contributed by atoms with Crippen molar-refractivity contribution in [2.45, 2.75) is 57.6 Å². The molecule has 0 bridgehead atoms. The molecule has 1 fully saturated rings. The Hall–Kier alpha value is -2.45. The second-order valence-electron chi connectivity index (χ2n) is 7.07. The fourth-order valence-corrected chi connectivity index (χ4v) is 3.26. The Morgan fingerprint density at radius 1 is 1.21 bits per heavy atom. The smallest absolute Gasteiger partial charge is 0.351 e. The summed E-state index contributed by atoms with van der Waals surface area (Å²) in [5, 5.41) is 38.1. The Labute approximate surface area is 164 Å². The van der Waals surface area contributed by atoms with Crippen LogP contribution in [0.5, 0.6) is 5.75 Å². The number of Topliss-reactive ketones (excluding diaryl/α,β-unsaturated/α-hetero) is 1. The molecule has 0 aliphatic heterocycles. The third-order valence-corrected chi connectivity index (χ3v) is 4.87. The Morgan fingerprint density at radius 3 is 2.36 bits per heavy atom. The summed E-state index contributed by atoms with van der Waals surface area (Å²) in [7, 11) is 0. The Balaban J connectivity index is 0.000000568. The van der Waals surface area contributed by atoms with Crippen LogP contribution in [0.3, 0.4) is 0 Å². The van der Waals surface area contributed by atoms with Gasteiger partial charge in [0.05, 0.1) is 13.0 Å². The second-order valence-corrected chi connectivity index (χ2v) is 7.07. The number of aliphatic hydroxyl groups is 1. The molecule has 8 nitrogen and oxygen atoms in total. The molecule has 0 heterocycles. The first kappa shape index (κ1) is 23.6. The van der Waals surface area contributed by atoms with Gasteiger partial charge < -0.3 is 30.5 Å². The number of aliphatic hydroxyl groups excluding tert-OH is 1. The van der Waals surface area contributed by atoms with Crippen molar-refractivity contribution < 1.29 is 40.1 Å². The number of quaternary nitrogens is 1. The number of benzene rings is 1. The van der Waals surface area contributed by atoms with Crippen LogP contribution in [0, 0.1) is 5.92 Å². The average Bonchev–Trinajstić information content (AvgIpc) is 2.68. The van der Waals surface area contributed by atoms with Crippen molar-refractivity contribution in [3.05, 3.63) is 29.8 Å². The van der Waals surface area contributed by atoms with E-state index >= 15 is 0 Å². The summed E-state index contributed by atoms with van der Waals surface area (Å²) in [6, 6.07) is 6.67. The molecule has 2 unspecified atom stereocenters. The number of phenols is 1. The first-order valence-electron chi connectivity index (χ1n) is 9.49. The maximum Gasteiger partial charge on any atom is 0.351 e. The van der Waals surface area contributed by atoms with Gasteiger partial charge in [-0.05, 0) is 37.5 Å². The summed E-state index contributed by atoms with van der Waals surface area (Å²) < 4.78 is 0. The summed E-state index contributed by atoms with van der Waals surface area (Å²) in [5.74, 6) is -3.19. The minimum absolute atomic E-state index is 0.0408. The van der Waals surface area contributed by atoms with Crippen LogP contribution in [-0.4, -0.2) is 45.6 Å². The SMILES string of the molecule is CC([NH2+]CCC(=O)C1CCCCC1)C(O)c1cccc(O)c1.O=C([O-])C(=O)O. The minimum atomic E-state index is -2.07. The number of hydrogen-bond donors (Lipinski definition) is 4. The number of ketones is 1. The zero-order chi connectivity index (χ0) is 21.1. The predicted molar refractivity (Wildman–Crippen MR) is 98.2 cm³/mol. The van der Waals surface area contributed by atoms with Crippen molar-refractivity contribution in [1.82, 2.24) is 0 Å². The summed E-state index contributed by atoms with van der Waals surface area (Å²) >= 11 is 0. The predicted octanol–water partition coefficient (Wildman–Crippen LogP) is -0.262. The molecule has 5 N–H and O–H groups in total. The van der Waals surface area contributed by atoms with Gasteiger partial charge in [-0.15, -0.1) is 0 Å². The van der Waals surface area contributed by atoms with E-state index in [2.05, 4.69) is 0 Å². The number of phenolic OH excluding ortho intramolecular Hbond substituents is 1. The number of carboxylic acid groups (broad SMARTS) is 2. The summed E-state index contributed by atoms with van der Waals surface area (Å²) in [6.07, 6.45) is 5.70. The standard InChI is InChI=1S/C18H27NO3.C2H2O4/c1-13(18(22)15-8-5-9-16(20)12-15)19-11-10-17(21)14-6-3-2-4-7-14;3-1(4)2(5)6/h5,8-9,12-14,18-20,22H,2-4,6-7,10-11H2,1H3;(H,3,4)(H,5,6). The molecule has 1 aliphatic carbocycles. The highest BCUT2D eigenvalue weighted by atomic mass is 16.4. The number of hydrogen-bond acceptors (Lipinski definition) is 6. The second kappa shape index (κ2) is 12.1. The van der Waals surface area contributed by atoms with Gasteiger partial charge in [0.2, 0.25) is 0 Å². The van der Waals surface area contributed by atoms with E-state index in [9.17, 15) is 15.0 Å². The highest BCUT2D eigenvalue weighted by Crippen LogP contribution is 2.25. The fraction of sp³-hybridized carbons (Fsp3) is 0.550. The number of carbonyl (C=O) groups excluding carboxylic acids is 2. The molecule has 1 aliphatic rings. The molecule has 2 rings (SSSR count). The zero-order valence-corrected chi connectivity index (χ0v) is 16.0.